The van der Waals surface area contributed by atoms with E-state index >= 15 is 0 Å². The van der Waals surface area contributed by atoms with Gasteiger partial charge in [0, 0.05) is 12.1 Å². The molecule has 0 fully saturated rings. The van der Waals surface area contributed by atoms with E-state index in [0.29, 0.717) is 35.9 Å². The van der Waals surface area contributed by atoms with Gasteiger partial charge in [0.2, 0.25) is 5.91 Å². The summed E-state index contributed by atoms with van der Waals surface area (Å²) in [6.45, 7) is 6.03. The highest BCUT2D eigenvalue weighted by atomic mass is 16.7. The molecule has 10 nitrogen and oxygen atoms in total. The molecule has 10 heteroatoms. The molecule has 1 heterocycles. The molecule has 0 saturated heterocycles. The number of carboxylic acid groups (broad SMARTS) is 1. The Labute approximate surface area is 222 Å². The van der Waals surface area contributed by atoms with Gasteiger partial charge in [-0.2, -0.15) is 0 Å². The van der Waals surface area contributed by atoms with Gasteiger partial charge in [0.15, 0.2) is 0 Å². The molecule has 3 amide bonds. The second kappa shape index (κ2) is 13.5. The molecule has 0 aromatic heterocycles. The fraction of sp³-hybridized carbons (Fsp3) is 0.393. The molecule has 1 aliphatic heterocycles. The summed E-state index contributed by atoms with van der Waals surface area (Å²) in [5, 5.41) is 17.6. The van der Waals surface area contributed by atoms with Gasteiger partial charge in [-0.3, -0.25) is 19.9 Å². The summed E-state index contributed by atoms with van der Waals surface area (Å²) in [7, 11) is 1.50. The van der Waals surface area contributed by atoms with Crippen LogP contribution in [0.5, 0.6) is 5.75 Å². The number of benzene rings is 2. The first kappa shape index (κ1) is 28.5. The van der Waals surface area contributed by atoms with E-state index in [1.54, 1.807) is 18.2 Å². The summed E-state index contributed by atoms with van der Waals surface area (Å²) in [5.74, 6) is -0.334. The number of carboxylic acids is 1. The average molecular weight is 525 g/mol. The van der Waals surface area contributed by atoms with Gasteiger partial charge in [-0.15, -0.1) is 0 Å². The summed E-state index contributed by atoms with van der Waals surface area (Å²) in [6, 6.07) is 12.0. The Kier molecular flexibility index (Phi) is 10.1. The topological polar surface area (TPSA) is 138 Å². The molecule has 38 heavy (non-hydrogen) atoms. The molecule has 2 aromatic carbocycles. The van der Waals surface area contributed by atoms with E-state index < -0.39 is 12.0 Å². The number of nitrogens with one attached hydrogen (secondary N) is 4. The van der Waals surface area contributed by atoms with E-state index in [9.17, 15) is 14.4 Å². The molecule has 0 radical (unpaired) electrons. The lowest BCUT2D eigenvalue weighted by Gasteiger charge is -2.22. The number of anilines is 2. The number of aryl methyl sites for hydroxylation is 1. The molecular formula is C28H36N4O6. The number of hydroxylamine groups is 1. The second-order valence-electron chi connectivity index (χ2n) is 9.67. The SMILES string of the molecule is COc1cc(CC(=O)NC(CC(C)C)C2=CC(CCC(=O)O)ON2)ccc1NC(=O)Nc1ccccc1C. The molecule has 3 rings (SSSR count). The molecule has 2 unspecified atom stereocenters. The molecule has 2 aromatic rings. The predicted molar refractivity (Wildman–Crippen MR) is 145 cm³/mol. The standard InChI is InChI=1S/C28H36N4O6/c1-17(2)13-23(24-16-20(38-32-24)10-12-27(34)35)29-26(33)15-19-9-11-22(25(14-19)37-4)31-28(36)30-21-8-6-5-7-18(21)3/h5-9,11,14,16-17,20,23,32H,10,12-13,15H2,1-4H3,(H,29,33)(H,34,35)(H2,30,31,36). The van der Waals surface area contributed by atoms with Gasteiger partial charge in [0.1, 0.15) is 11.9 Å². The Hall–Kier alpha value is -4.05. The molecule has 0 saturated carbocycles. The Morgan fingerprint density at radius 1 is 1.11 bits per heavy atom. The summed E-state index contributed by atoms with van der Waals surface area (Å²) < 4.78 is 5.46. The van der Waals surface area contributed by atoms with Crippen molar-refractivity contribution in [1.82, 2.24) is 10.8 Å². The number of aliphatic carboxylic acids is 1. The lowest BCUT2D eigenvalue weighted by Crippen LogP contribution is -2.40. The highest BCUT2D eigenvalue weighted by Crippen LogP contribution is 2.27. The van der Waals surface area contributed by atoms with E-state index in [1.165, 1.54) is 7.11 Å². The first-order chi connectivity index (χ1) is 18.1. The molecule has 0 aliphatic carbocycles. The van der Waals surface area contributed by atoms with Gasteiger partial charge in [-0.1, -0.05) is 38.1 Å². The molecule has 2 atom stereocenters. The van der Waals surface area contributed by atoms with Crippen molar-refractivity contribution < 1.29 is 29.1 Å². The number of ether oxygens (including phenoxy) is 1. The third-order valence-electron chi connectivity index (χ3n) is 6.03. The number of para-hydroxylation sites is 1. The quantitative estimate of drug-likeness (QED) is 0.278. The summed E-state index contributed by atoms with van der Waals surface area (Å²) in [5.41, 5.74) is 6.42. The van der Waals surface area contributed by atoms with Crippen LogP contribution in [0, 0.1) is 12.8 Å². The van der Waals surface area contributed by atoms with Gasteiger partial charge in [-0.25, -0.2) is 4.79 Å². The van der Waals surface area contributed by atoms with E-state index in [2.05, 4.69) is 35.3 Å². The first-order valence-electron chi connectivity index (χ1n) is 12.6. The predicted octanol–water partition coefficient (Wildman–Crippen LogP) is 4.37. The van der Waals surface area contributed by atoms with Crippen LogP contribution in [0.1, 0.15) is 44.2 Å². The van der Waals surface area contributed by atoms with Crippen LogP contribution in [0.4, 0.5) is 16.2 Å². The van der Waals surface area contributed by atoms with Crippen molar-refractivity contribution in [1.29, 1.82) is 0 Å². The van der Waals surface area contributed by atoms with Crippen LogP contribution in [0.15, 0.2) is 54.2 Å². The normalized spacial score (nSPS) is 15.3. The van der Waals surface area contributed by atoms with Gasteiger partial charge < -0.3 is 25.8 Å². The van der Waals surface area contributed by atoms with Gasteiger partial charge >= 0.3 is 12.0 Å². The van der Waals surface area contributed by atoms with Crippen LogP contribution in [-0.4, -0.2) is 42.3 Å². The highest BCUT2D eigenvalue weighted by Gasteiger charge is 2.26. The van der Waals surface area contributed by atoms with Crippen molar-refractivity contribution in [3.8, 4) is 5.75 Å². The number of amides is 3. The summed E-state index contributed by atoms with van der Waals surface area (Å²) in [4.78, 5) is 41.8. The molecule has 1 aliphatic rings. The van der Waals surface area contributed by atoms with Crippen molar-refractivity contribution in [3.63, 3.8) is 0 Å². The van der Waals surface area contributed by atoms with E-state index in [4.69, 9.17) is 14.7 Å². The van der Waals surface area contributed by atoms with Crippen LogP contribution in [0.3, 0.4) is 0 Å². The third-order valence-corrected chi connectivity index (χ3v) is 6.03. The minimum absolute atomic E-state index is 0.00241. The fourth-order valence-electron chi connectivity index (χ4n) is 4.11. The van der Waals surface area contributed by atoms with E-state index in [0.717, 1.165) is 16.8 Å². The Bertz CT molecular complexity index is 1180. The zero-order chi connectivity index (χ0) is 27.7. The lowest BCUT2D eigenvalue weighted by atomic mass is 9.99. The largest absolute Gasteiger partial charge is 0.495 e. The second-order valence-corrected chi connectivity index (χ2v) is 9.67. The number of carbonyl (C=O) groups is 3. The molecule has 0 spiro atoms. The Balaban J connectivity index is 1.62. The van der Waals surface area contributed by atoms with Crippen molar-refractivity contribution in [3.05, 3.63) is 65.4 Å². The number of hydrogen-bond acceptors (Lipinski definition) is 6. The molecule has 0 bridgehead atoms. The van der Waals surface area contributed by atoms with Gasteiger partial charge in [0.25, 0.3) is 0 Å². The monoisotopic (exact) mass is 524 g/mol. The van der Waals surface area contributed by atoms with Crippen LogP contribution >= 0.6 is 0 Å². The number of urea groups is 1. The Morgan fingerprint density at radius 2 is 1.84 bits per heavy atom. The number of carbonyl (C=O) groups excluding carboxylic acids is 2. The highest BCUT2D eigenvalue weighted by molar-refractivity contribution is 6.01. The smallest absolute Gasteiger partial charge is 0.323 e. The van der Waals surface area contributed by atoms with Crippen LogP contribution < -0.4 is 26.2 Å². The van der Waals surface area contributed by atoms with Crippen LogP contribution in [-0.2, 0) is 20.8 Å². The van der Waals surface area contributed by atoms with Crippen molar-refractivity contribution in [2.24, 2.45) is 5.92 Å². The van der Waals surface area contributed by atoms with Crippen molar-refractivity contribution >= 4 is 29.3 Å². The van der Waals surface area contributed by atoms with E-state index in [1.807, 2.05) is 37.3 Å². The zero-order valence-electron chi connectivity index (χ0n) is 22.2. The van der Waals surface area contributed by atoms with E-state index in [-0.39, 0.29) is 30.9 Å². The van der Waals surface area contributed by atoms with Crippen molar-refractivity contribution in [2.75, 3.05) is 17.7 Å². The maximum Gasteiger partial charge on any atom is 0.323 e. The molecule has 5 N–H and O–H groups in total. The zero-order valence-corrected chi connectivity index (χ0v) is 22.2. The maximum absolute atomic E-state index is 12.9. The minimum atomic E-state index is -0.883. The van der Waals surface area contributed by atoms with Gasteiger partial charge in [0.05, 0.1) is 31.0 Å². The van der Waals surface area contributed by atoms with Crippen molar-refractivity contribution in [2.45, 2.75) is 58.6 Å². The average Bonchev–Trinajstić information content (AvgIpc) is 3.33. The first-order valence-corrected chi connectivity index (χ1v) is 12.6. The van der Waals surface area contributed by atoms with Crippen LogP contribution in [0.25, 0.3) is 0 Å². The molecular weight excluding hydrogens is 488 g/mol. The number of methoxy groups -OCH3 is 1. The minimum Gasteiger partial charge on any atom is -0.495 e. The third kappa shape index (κ3) is 8.52. The molecule has 204 valence electrons. The van der Waals surface area contributed by atoms with Gasteiger partial charge in [-0.05, 0) is 61.1 Å². The summed E-state index contributed by atoms with van der Waals surface area (Å²) in [6.07, 6.45) is 2.61. The Morgan fingerprint density at radius 3 is 2.53 bits per heavy atom. The number of hydrogen-bond donors (Lipinski definition) is 5. The number of rotatable bonds is 12. The van der Waals surface area contributed by atoms with Crippen LogP contribution in [0.2, 0.25) is 0 Å². The maximum atomic E-state index is 12.9. The lowest BCUT2D eigenvalue weighted by molar-refractivity contribution is -0.137. The fourth-order valence-corrected chi connectivity index (χ4v) is 4.11. The summed E-state index contributed by atoms with van der Waals surface area (Å²) >= 11 is 0.